The van der Waals surface area contributed by atoms with Crippen molar-refractivity contribution >= 4 is 58.3 Å². The number of thioether (sulfide) groups is 1. The molecule has 15 nitrogen and oxygen atoms in total. The van der Waals surface area contributed by atoms with E-state index >= 15 is 0 Å². The number of H-pyrrole nitrogens is 1. The van der Waals surface area contributed by atoms with Crippen molar-refractivity contribution in [2.75, 3.05) is 24.6 Å². The Bertz CT molecular complexity index is 2250. The first-order chi connectivity index (χ1) is 32.7. The normalized spacial score (nSPS) is 16.8. The van der Waals surface area contributed by atoms with Crippen LogP contribution >= 0.6 is 11.8 Å². The number of para-hydroxylation sites is 1. The van der Waals surface area contributed by atoms with E-state index in [2.05, 4.69) is 55.2 Å². The summed E-state index contributed by atoms with van der Waals surface area (Å²) in [6.07, 6.45) is 14.2. The van der Waals surface area contributed by atoms with Gasteiger partial charge in [0.05, 0.1) is 0 Å². The zero-order chi connectivity index (χ0) is 50.8. The fourth-order valence-corrected chi connectivity index (χ4v) is 10.1. The van der Waals surface area contributed by atoms with E-state index in [9.17, 15) is 29.1 Å². The van der Waals surface area contributed by atoms with Crippen LogP contribution < -0.4 is 60.5 Å². The standard InChI is InChI=1S/C53H79N5O10S.Na/c1-32(2)14-11-15-33(3)16-12-17-34(4)18-13-25-53(8)26-23-39-37(7)47(35(5)36(6)48(39)68-53)67-52(66)41(49(62)55-27-24-38-28-56-43-20-10-9-19-40(38)43)30-69-31-44(50(63)57-29-46(60)61)58-45(59)22-21-42(54)51(64)65;/h9-10,19-20,28,32-34,41-42,44,56H,11-18,21-27,29-31,54H2,1-8H3,(H,55,62)(H,57,63)(H,58,59)(H,60,61)(H,64,65);/q;+1/p-1/t33?,34?,41?,42-,44-,53?;/m0./s1. The Morgan fingerprint density at radius 2 is 1.56 bits per heavy atom. The van der Waals surface area contributed by atoms with E-state index in [-0.39, 0.29) is 66.1 Å². The Kier molecular flexibility index (Phi) is 25.3. The molecule has 0 fully saturated rings. The summed E-state index contributed by atoms with van der Waals surface area (Å²) in [5.41, 5.74) is 10.5. The number of carboxylic acid groups (broad SMARTS) is 2. The van der Waals surface area contributed by atoms with Gasteiger partial charge in [0.25, 0.3) is 0 Å². The van der Waals surface area contributed by atoms with Crippen molar-refractivity contribution in [1.29, 1.82) is 0 Å². The number of nitrogens with zero attached hydrogens (tertiary/aromatic N) is 1. The quantitative estimate of drug-likeness (QED) is 0.0132. The summed E-state index contributed by atoms with van der Waals surface area (Å²) >= 11 is 0.994. The molecule has 0 saturated heterocycles. The first-order valence-corrected chi connectivity index (χ1v) is 26.0. The molecule has 4 rings (SSSR count). The number of rotatable bonds is 30. The molecule has 2 amide bonds. The van der Waals surface area contributed by atoms with Gasteiger partial charge in [-0.05, 0) is 125 Å². The Balaban J connectivity index is 0.0000130. The summed E-state index contributed by atoms with van der Waals surface area (Å²) in [5.74, 6) is -4.06. The van der Waals surface area contributed by atoms with Gasteiger partial charge in [0, 0.05) is 40.7 Å². The predicted octanol–water partition coefficient (Wildman–Crippen LogP) is 4.75. The van der Waals surface area contributed by atoms with Gasteiger partial charge in [-0.25, -0.2) is 0 Å². The first-order valence-electron chi connectivity index (χ1n) is 24.8. The van der Waals surface area contributed by atoms with Crippen molar-refractivity contribution in [3.8, 4) is 11.5 Å². The minimum absolute atomic E-state index is 0. The second-order valence-corrected chi connectivity index (χ2v) is 21.0. The number of aliphatic imine (C=N–C) groups is 1. The molecule has 4 unspecified atom stereocenters. The smallest absolute Gasteiger partial charge is 0.862 e. The Labute approximate surface area is 441 Å². The first kappa shape index (κ1) is 60.2. The van der Waals surface area contributed by atoms with E-state index in [1.807, 2.05) is 51.2 Å². The summed E-state index contributed by atoms with van der Waals surface area (Å²) in [4.78, 5) is 70.9. The summed E-state index contributed by atoms with van der Waals surface area (Å²) in [6.45, 7) is 16.8. The number of nitrogens with two attached hydrogens (primary N) is 1. The molecule has 0 radical (unpaired) electrons. The summed E-state index contributed by atoms with van der Waals surface area (Å²) in [6, 6.07) is 5.07. The molecule has 17 heteroatoms. The molecular weight excluding hydrogens is 922 g/mol. The Morgan fingerprint density at radius 1 is 0.900 bits per heavy atom. The third-order valence-electron chi connectivity index (χ3n) is 13.6. The average molecular weight is 1000 g/mol. The number of amides is 2. The van der Waals surface area contributed by atoms with Gasteiger partial charge in [-0.15, -0.1) is 0 Å². The molecule has 2 heterocycles. The zero-order valence-electron chi connectivity index (χ0n) is 43.2. The number of carbonyl (C=O) groups excluding carboxylic acids is 3. The van der Waals surface area contributed by atoms with Crippen molar-refractivity contribution in [2.45, 2.75) is 163 Å². The van der Waals surface area contributed by atoms with Crippen LogP contribution in [0.15, 0.2) is 35.5 Å². The van der Waals surface area contributed by atoms with Gasteiger partial charge in [0.1, 0.15) is 41.6 Å². The van der Waals surface area contributed by atoms with Crippen LogP contribution in [0.4, 0.5) is 0 Å². The molecule has 382 valence electrons. The van der Waals surface area contributed by atoms with Crippen LogP contribution in [-0.4, -0.2) is 93.1 Å². The monoisotopic (exact) mass is 1000 g/mol. The third-order valence-corrected chi connectivity index (χ3v) is 14.7. The van der Waals surface area contributed by atoms with Gasteiger partial charge in [0.15, 0.2) is 0 Å². The molecule has 0 bridgehead atoms. The molecule has 0 saturated carbocycles. The molecule has 3 aromatic rings. The fraction of sp³-hybridized carbons (Fsp3) is 0.623. The number of nitrogens with one attached hydrogen (secondary N) is 3. The average Bonchev–Trinajstić information content (AvgIpc) is 3.71. The van der Waals surface area contributed by atoms with Crippen LogP contribution in [-0.2, 0) is 36.8 Å². The largest absolute Gasteiger partial charge is 1.00 e. The van der Waals surface area contributed by atoms with Crippen LogP contribution in [0.3, 0.4) is 0 Å². The molecule has 0 spiro atoms. The van der Waals surface area contributed by atoms with Crippen LogP contribution in [0.1, 0.15) is 139 Å². The maximum atomic E-state index is 14.3. The van der Waals surface area contributed by atoms with E-state index in [0.29, 0.717) is 18.1 Å². The molecule has 6 atom stereocenters. The number of carbonyl (C=O) groups is 5. The van der Waals surface area contributed by atoms with Gasteiger partial charge >= 0.3 is 47.5 Å². The summed E-state index contributed by atoms with van der Waals surface area (Å²) in [7, 11) is 0. The van der Waals surface area contributed by atoms with Gasteiger partial charge in [-0.3, -0.25) is 29.0 Å². The summed E-state index contributed by atoms with van der Waals surface area (Å²) in [5, 5.41) is 37.2. The maximum Gasteiger partial charge on any atom is 1.00 e. The maximum absolute atomic E-state index is 14.3. The molecular formula is C53H78N5NaO10S. The van der Waals surface area contributed by atoms with Gasteiger partial charge < -0.3 is 46.1 Å². The van der Waals surface area contributed by atoms with Gasteiger partial charge in [-0.2, -0.15) is 11.8 Å². The number of aromatic nitrogens is 1. The van der Waals surface area contributed by atoms with Crippen molar-refractivity contribution in [1.82, 2.24) is 15.6 Å². The van der Waals surface area contributed by atoms with Crippen molar-refractivity contribution in [3.63, 3.8) is 0 Å². The van der Waals surface area contributed by atoms with E-state index in [4.69, 9.17) is 25.4 Å². The number of hydrogen-bond acceptors (Lipinski definition) is 11. The molecule has 70 heavy (non-hydrogen) atoms. The SMILES string of the molecule is Cc1c(C)c2c(c(C)c1OC(=O)C(CSC[C@H](N=C([O-])CC[C@H](N)C(=O)O)C(=O)NCC(=O)O)C(=O)NCCc1c[nH]c3ccccc13)CCC(C)(CCCC(C)CCCC(C)CCCC(C)C)O2.[Na+]. The molecule has 1 aliphatic rings. The number of benzene rings is 2. The molecule has 1 aromatic heterocycles. The molecule has 7 N–H and O–H groups in total. The number of fused-ring (bicyclic) bond motifs is 2. The van der Waals surface area contributed by atoms with Crippen molar-refractivity contribution < 1.29 is 78.3 Å². The molecule has 0 aliphatic carbocycles. The van der Waals surface area contributed by atoms with Gasteiger partial charge in [-0.1, -0.05) is 90.8 Å². The number of carboxylic acids is 2. The topological polar surface area (TPSA) is 246 Å². The third kappa shape index (κ3) is 18.8. The zero-order valence-corrected chi connectivity index (χ0v) is 46.0. The number of aliphatic carboxylic acids is 2. The second kappa shape index (κ2) is 29.4. The molecule has 2 aromatic carbocycles. The van der Waals surface area contributed by atoms with Crippen LogP contribution in [0, 0.1) is 44.4 Å². The van der Waals surface area contributed by atoms with E-state index < -0.39 is 60.2 Å². The van der Waals surface area contributed by atoms with E-state index in [1.165, 1.54) is 38.5 Å². The second-order valence-electron chi connectivity index (χ2n) is 20.0. The summed E-state index contributed by atoms with van der Waals surface area (Å²) < 4.78 is 13.0. The fourth-order valence-electron chi connectivity index (χ4n) is 9.01. The van der Waals surface area contributed by atoms with Crippen LogP contribution in [0.2, 0.25) is 0 Å². The number of hydrogen-bond donors (Lipinski definition) is 6. The molecule has 1 aliphatic heterocycles. The van der Waals surface area contributed by atoms with Crippen LogP contribution in [0.5, 0.6) is 11.5 Å². The van der Waals surface area contributed by atoms with Crippen molar-refractivity contribution in [2.24, 2.45) is 34.4 Å². The van der Waals surface area contributed by atoms with E-state index in [1.54, 1.807) is 0 Å². The Hall–Kier alpha value is -4.09. The van der Waals surface area contributed by atoms with Gasteiger partial charge in [0.2, 0.25) is 11.8 Å². The predicted molar refractivity (Wildman–Crippen MR) is 271 cm³/mol. The van der Waals surface area contributed by atoms with E-state index in [0.717, 1.165) is 100 Å². The van der Waals surface area contributed by atoms with Crippen LogP contribution in [0.25, 0.3) is 10.9 Å². The minimum atomic E-state index is -1.41. The number of aromatic amines is 1. The minimum Gasteiger partial charge on any atom is -0.862 e. The number of ether oxygens (including phenoxy) is 2. The Morgan fingerprint density at radius 3 is 2.21 bits per heavy atom. The number of esters is 1. The van der Waals surface area contributed by atoms with Crippen molar-refractivity contribution in [3.05, 3.63) is 58.3 Å².